The first-order valence-electron chi connectivity index (χ1n) is 7.73. The Balaban J connectivity index is 2.11. The standard InChI is InChI=1S/C21H18S/c1-3-16-20-18-11-7-5-9-15(18)12-13-19(20)22-21(16)17-10-6-4-8-14(17)2/h3,5-7,9-13H,1,4,8H2,2H3. The molecule has 0 bridgehead atoms. The van der Waals surface area contributed by atoms with Crippen LogP contribution in [0.4, 0.5) is 0 Å². The molecule has 1 aliphatic carbocycles. The van der Waals surface area contributed by atoms with Crippen LogP contribution in [-0.2, 0) is 0 Å². The fourth-order valence-electron chi connectivity index (χ4n) is 3.34. The monoisotopic (exact) mass is 302 g/mol. The van der Waals surface area contributed by atoms with Crippen LogP contribution in [0.3, 0.4) is 0 Å². The van der Waals surface area contributed by atoms with E-state index in [4.69, 9.17) is 0 Å². The molecule has 1 aliphatic rings. The van der Waals surface area contributed by atoms with Crippen molar-refractivity contribution in [3.63, 3.8) is 0 Å². The third kappa shape index (κ3) is 1.97. The maximum Gasteiger partial charge on any atom is 0.0427 e. The SMILES string of the molecule is C=Cc1c(C2=C(C)CCC=C2)sc2ccc3ccccc3c12. The quantitative estimate of drug-likeness (QED) is 0.487. The van der Waals surface area contributed by atoms with Gasteiger partial charge in [0, 0.05) is 20.5 Å². The molecule has 4 rings (SSSR count). The van der Waals surface area contributed by atoms with Gasteiger partial charge in [-0.3, -0.25) is 0 Å². The molecule has 3 aromatic rings. The smallest absolute Gasteiger partial charge is 0.0427 e. The van der Waals surface area contributed by atoms with Gasteiger partial charge >= 0.3 is 0 Å². The predicted octanol–water partition coefficient (Wildman–Crippen LogP) is 6.82. The minimum absolute atomic E-state index is 1.16. The van der Waals surface area contributed by atoms with E-state index in [1.54, 1.807) is 0 Å². The average Bonchev–Trinajstić information content (AvgIpc) is 2.94. The van der Waals surface area contributed by atoms with Crippen LogP contribution in [0.1, 0.15) is 30.2 Å². The molecule has 1 heterocycles. The normalized spacial score (nSPS) is 15.0. The number of fused-ring (bicyclic) bond motifs is 3. The van der Waals surface area contributed by atoms with E-state index in [1.165, 1.54) is 42.4 Å². The van der Waals surface area contributed by atoms with Gasteiger partial charge in [0.05, 0.1) is 0 Å². The molecule has 0 fully saturated rings. The van der Waals surface area contributed by atoms with Crippen molar-refractivity contribution in [2.24, 2.45) is 0 Å². The van der Waals surface area contributed by atoms with Crippen LogP contribution in [0.2, 0.25) is 0 Å². The molecule has 1 heteroatoms. The lowest BCUT2D eigenvalue weighted by Gasteiger charge is -2.12. The van der Waals surface area contributed by atoms with E-state index < -0.39 is 0 Å². The lowest BCUT2D eigenvalue weighted by atomic mass is 9.94. The van der Waals surface area contributed by atoms with Crippen molar-refractivity contribution in [1.82, 2.24) is 0 Å². The van der Waals surface area contributed by atoms with Gasteiger partial charge in [0.15, 0.2) is 0 Å². The number of benzene rings is 2. The Labute approximate surface area is 135 Å². The average molecular weight is 302 g/mol. The van der Waals surface area contributed by atoms with Crippen LogP contribution in [0.15, 0.2) is 60.7 Å². The van der Waals surface area contributed by atoms with Crippen molar-refractivity contribution in [2.75, 3.05) is 0 Å². The second-order valence-electron chi connectivity index (χ2n) is 5.84. The molecule has 0 saturated carbocycles. The zero-order valence-corrected chi connectivity index (χ0v) is 13.5. The van der Waals surface area contributed by atoms with E-state index in [0.29, 0.717) is 0 Å². The number of rotatable bonds is 2. The molecule has 0 N–H and O–H groups in total. The summed E-state index contributed by atoms with van der Waals surface area (Å²) in [6, 6.07) is 13.1. The molecule has 0 amide bonds. The molecule has 0 atom stereocenters. The van der Waals surface area contributed by atoms with E-state index in [1.807, 2.05) is 17.4 Å². The van der Waals surface area contributed by atoms with Crippen molar-refractivity contribution < 1.29 is 0 Å². The highest BCUT2D eigenvalue weighted by molar-refractivity contribution is 7.20. The van der Waals surface area contributed by atoms with Crippen LogP contribution in [0.25, 0.3) is 32.5 Å². The molecule has 1 aromatic heterocycles. The van der Waals surface area contributed by atoms with Gasteiger partial charge < -0.3 is 0 Å². The van der Waals surface area contributed by atoms with Gasteiger partial charge in [0.25, 0.3) is 0 Å². The predicted molar refractivity (Wildman–Crippen MR) is 100 cm³/mol. The van der Waals surface area contributed by atoms with E-state index in [9.17, 15) is 0 Å². The van der Waals surface area contributed by atoms with Crippen molar-refractivity contribution in [2.45, 2.75) is 19.8 Å². The van der Waals surface area contributed by atoms with E-state index in [0.717, 1.165) is 12.8 Å². The molecule has 108 valence electrons. The summed E-state index contributed by atoms with van der Waals surface area (Å²) >= 11 is 1.89. The summed E-state index contributed by atoms with van der Waals surface area (Å²) in [5.74, 6) is 0. The Morgan fingerprint density at radius 2 is 2.00 bits per heavy atom. The van der Waals surface area contributed by atoms with Gasteiger partial charge in [0.2, 0.25) is 0 Å². The number of thiophene rings is 1. The summed E-state index contributed by atoms with van der Waals surface area (Å²) in [4.78, 5) is 1.37. The van der Waals surface area contributed by atoms with Crippen LogP contribution >= 0.6 is 11.3 Å². The Morgan fingerprint density at radius 3 is 2.82 bits per heavy atom. The first kappa shape index (κ1) is 13.5. The van der Waals surface area contributed by atoms with Gasteiger partial charge in [-0.15, -0.1) is 11.3 Å². The zero-order valence-electron chi connectivity index (χ0n) is 12.7. The lowest BCUT2D eigenvalue weighted by molar-refractivity contribution is 0.968. The summed E-state index contributed by atoms with van der Waals surface area (Å²) in [5.41, 5.74) is 4.17. The summed E-state index contributed by atoms with van der Waals surface area (Å²) in [6.45, 7) is 6.36. The van der Waals surface area contributed by atoms with Crippen molar-refractivity contribution in [1.29, 1.82) is 0 Å². The Morgan fingerprint density at radius 1 is 1.14 bits per heavy atom. The van der Waals surface area contributed by atoms with Crippen LogP contribution in [-0.4, -0.2) is 0 Å². The molecule has 2 aromatic carbocycles. The summed E-state index contributed by atoms with van der Waals surface area (Å²) in [5, 5.41) is 3.98. The number of hydrogen-bond acceptors (Lipinski definition) is 1. The molecule has 0 saturated heterocycles. The molecule has 0 nitrogen and oxygen atoms in total. The highest BCUT2D eigenvalue weighted by atomic mass is 32.1. The lowest BCUT2D eigenvalue weighted by Crippen LogP contribution is -1.91. The highest BCUT2D eigenvalue weighted by Gasteiger charge is 2.17. The largest absolute Gasteiger partial charge is 0.135 e. The molecular formula is C21H18S. The summed E-state index contributed by atoms with van der Waals surface area (Å²) < 4.78 is 1.35. The van der Waals surface area contributed by atoms with Crippen molar-refractivity contribution in [3.8, 4) is 0 Å². The molecule has 0 aliphatic heterocycles. The number of allylic oxidation sites excluding steroid dienone is 4. The van der Waals surface area contributed by atoms with Gasteiger partial charge in [-0.2, -0.15) is 0 Å². The molecular weight excluding hydrogens is 284 g/mol. The third-order valence-electron chi connectivity index (χ3n) is 4.50. The zero-order chi connectivity index (χ0) is 15.1. The van der Waals surface area contributed by atoms with E-state index in [2.05, 4.69) is 62.1 Å². The Hall–Kier alpha value is -2.12. The highest BCUT2D eigenvalue weighted by Crippen LogP contribution is 2.42. The molecule has 22 heavy (non-hydrogen) atoms. The second kappa shape index (κ2) is 5.26. The molecule has 0 spiro atoms. The minimum Gasteiger partial charge on any atom is -0.135 e. The van der Waals surface area contributed by atoms with Crippen molar-refractivity contribution in [3.05, 3.63) is 71.1 Å². The van der Waals surface area contributed by atoms with Crippen molar-refractivity contribution >= 4 is 43.8 Å². The molecule has 0 unspecified atom stereocenters. The van der Waals surface area contributed by atoms with Gasteiger partial charge in [-0.1, -0.05) is 60.7 Å². The Bertz CT molecular complexity index is 951. The van der Waals surface area contributed by atoms with E-state index in [-0.39, 0.29) is 0 Å². The van der Waals surface area contributed by atoms with Gasteiger partial charge in [0.1, 0.15) is 0 Å². The summed E-state index contributed by atoms with van der Waals surface area (Å²) in [7, 11) is 0. The fourth-order valence-corrected chi connectivity index (χ4v) is 4.66. The first-order chi connectivity index (χ1) is 10.8. The Kier molecular flexibility index (Phi) is 3.24. The van der Waals surface area contributed by atoms with Crippen LogP contribution in [0.5, 0.6) is 0 Å². The first-order valence-corrected chi connectivity index (χ1v) is 8.54. The van der Waals surface area contributed by atoms with Crippen LogP contribution < -0.4 is 0 Å². The topological polar surface area (TPSA) is 0 Å². The van der Waals surface area contributed by atoms with E-state index >= 15 is 0 Å². The van der Waals surface area contributed by atoms with Crippen LogP contribution in [0, 0.1) is 0 Å². The van der Waals surface area contributed by atoms with Gasteiger partial charge in [-0.05, 0) is 42.2 Å². The van der Waals surface area contributed by atoms with Gasteiger partial charge in [-0.25, -0.2) is 0 Å². The molecule has 0 radical (unpaired) electrons. The maximum absolute atomic E-state index is 4.10. The maximum atomic E-state index is 4.10. The summed E-state index contributed by atoms with van der Waals surface area (Å²) in [6.07, 6.45) is 8.93. The fraction of sp³-hybridized carbons (Fsp3) is 0.143. The number of hydrogen-bond donors (Lipinski definition) is 0. The third-order valence-corrected chi connectivity index (χ3v) is 5.70. The minimum atomic E-state index is 1.16. The second-order valence-corrected chi connectivity index (χ2v) is 6.90.